The molecule has 0 unspecified atom stereocenters. The van der Waals surface area contributed by atoms with E-state index in [0.29, 0.717) is 5.01 Å². The average molecular weight is 363 g/mol. The maximum atomic E-state index is 12.1. The lowest BCUT2D eigenvalue weighted by molar-refractivity contribution is -0.127. The first kappa shape index (κ1) is 18.4. The molecule has 8 nitrogen and oxygen atoms in total. The summed E-state index contributed by atoms with van der Waals surface area (Å²) < 4.78 is 10.1. The van der Waals surface area contributed by atoms with Crippen molar-refractivity contribution in [3.05, 3.63) is 35.3 Å². The lowest BCUT2D eigenvalue weighted by Gasteiger charge is -2.11. The highest BCUT2D eigenvalue weighted by Gasteiger charge is 2.22. The van der Waals surface area contributed by atoms with Crippen molar-refractivity contribution in [2.45, 2.75) is 13.0 Å². The second-order valence-electron chi connectivity index (χ2n) is 4.88. The van der Waals surface area contributed by atoms with Gasteiger partial charge < -0.3 is 14.8 Å². The van der Waals surface area contributed by atoms with Gasteiger partial charge in [0.15, 0.2) is 11.8 Å². The molecule has 25 heavy (non-hydrogen) atoms. The highest BCUT2D eigenvalue weighted by molar-refractivity contribution is 7.13. The van der Waals surface area contributed by atoms with E-state index in [4.69, 9.17) is 9.47 Å². The van der Waals surface area contributed by atoms with Crippen molar-refractivity contribution in [2.24, 2.45) is 0 Å². The molecular formula is C16H17N3O5S. The zero-order valence-corrected chi connectivity index (χ0v) is 14.7. The number of benzene rings is 1. The molecule has 0 saturated heterocycles. The monoisotopic (exact) mass is 363 g/mol. The number of hydrogen-bond acceptors (Lipinski definition) is 7. The van der Waals surface area contributed by atoms with Crippen molar-refractivity contribution in [2.75, 3.05) is 14.2 Å². The van der Waals surface area contributed by atoms with Crippen LogP contribution in [0.15, 0.2) is 29.6 Å². The molecule has 1 atom stereocenters. The number of nitrogens with zero attached hydrogens (tertiary/aromatic N) is 1. The highest BCUT2D eigenvalue weighted by atomic mass is 32.1. The first-order chi connectivity index (χ1) is 11.9. The second kappa shape index (κ2) is 8.25. The fraction of sp³-hybridized carbons (Fsp3) is 0.250. The van der Waals surface area contributed by atoms with Crippen molar-refractivity contribution < 1.29 is 23.9 Å². The number of carbonyl (C=O) groups excluding carboxylic acids is 3. The van der Waals surface area contributed by atoms with Gasteiger partial charge in [-0.05, 0) is 31.2 Å². The van der Waals surface area contributed by atoms with Crippen molar-refractivity contribution >= 4 is 29.2 Å². The molecule has 0 radical (unpaired) electrons. The number of aromatic nitrogens is 1. The third kappa shape index (κ3) is 4.77. The van der Waals surface area contributed by atoms with Gasteiger partial charge in [0.25, 0.3) is 5.91 Å². The number of methoxy groups -OCH3 is 1. The standard InChI is InChI=1S/C16H17N3O5S/c1-9(13(20)19-16(22)17-2)24-15(21)12-8-25-14(18-12)10-4-6-11(23-3)7-5-10/h4-9H,1-3H3,(H2,17,19,20,22)/t9-/m0/s1. The molecule has 0 aliphatic carbocycles. The Bertz CT molecular complexity index is 772. The summed E-state index contributed by atoms with van der Waals surface area (Å²) in [6.07, 6.45) is -1.13. The van der Waals surface area contributed by atoms with Crippen LogP contribution in [0.25, 0.3) is 10.6 Å². The minimum Gasteiger partial charge on any atom is -0.497 e. The van der Waals surface area contributed by atoms with Crippen LogP contribution in [0.2, 0.25) is 0 Å². The Balaban J connectivity index is 2.02. The van der Waals surface area contributed by atoms with Gasteiger partial charge in [-0.3, -0.25) is 10.1 Å². The lowest BCUT2D eigenvalue weighted by atomic mass is 10.2. The SMILES string of the molecule is CNC(=O)NC(=O)[C@H](C)OC(=O)c1csc(-c2ccc(OC)cc2)n1. The third-order valence-corrected chi connectivity index (χ3v) is 4.06. The van der Waals surface area contributed by atoms with Gasteiger partial charge in [0.1, 0.15) is 10.8 Å². The van der Waals surface area contributed by atoms with Crippen molar-refractivity contribution in [1.29, 1.82) is 0 Å². The second-order valence-corrected chi connectivity index (χ2v) is 5.74. The number of ether oxygens (including phenoxy) is 2. The van der Waals surface area contributed by atoms with Crippen LogP contribution in [-0.2, 0) is 9.53 Å². The van der Waals surface area contributed by atoms with E-state index in [1.807, 2.05) is 17.4 Å². The van der Waals surface area contributed by atoms with Gasteiger partial charge in [-0.2, -0.15) is 0 Å². The number of nitrogens with one attached hydrogen (secondary N) is 2. The summed E-state index contributed by atoms with van der Waals surface area (Å²) in [7, 11) is 2.95. The minimum atomic E-state index is -1.13. The van der Waals surface area contributed by atoms with E-state index in [0.717, 1.165) is 11.3 Å². The molecule has 2 aromatic rings. The molecule has 2 N–H and O–H groups in total. The molecular weight excluding hydrogens is 346 g/mol. The van der Waals surface area contributed by atoms with Crippen molar-refractivity contribution in [1.82, 2.24) is 15.6 Å². The number of esters is 1. The molecule has 9 heteroatoms. The Morgan fingerprint density at radius 3 is 2.48 bits per heavy atom. The summed E-state index contributed by atoms with van der Waals surface area (Å²) in [5.74, 6) is -0.746. The van der Waals surface area contributed by atoms with E-state index in [1.54, 1.807) is 24.6 Å². The molecule has 0 bridgehead atoms. The van der Waals surface area contributed by atoms with Crippen LogP contribution in [0.1, 0.15) is 17.4 Å². The van der Waals surface area contributed by atoms with Gasteiger partial charge in [-0.15, -0.1) is 11.3 Å². The first-order valence-corrected chi connectivity index (χ1v) is 8.16. The number of imide groups is 1. The number of thiazole rings is 1. The third-order valence-electron chi connectivity index (χ3n) is 3.17. The van der Waals surface area contributed by atoms with Gasteiger partial charge in [0.2, 0.25) is 0 Å². The number of rotatable bonds is 5. The lowest BCUT2D eigenvalue weighted by Crippen LogP contribution is -2.43. The highest BCUT2D eigenvalue weighted by Crippen LogP contribution is 2.26. The largest absolute Gasteiger partial charge is 0.497 e. The van der Waals surface area contributed by atoms with E-state index in [1.165, 1.54) is 25.3 Å². The van der Waals surface area contributed by atoms with E-state index < -0.39 is 24.0 Å². The topological polar surface area (TPSA) is 107 Å². The quantitative estimate of drug-likeness (QED) is 0.785. The average Bonchev–Trinajstić information content (AvgIpc) is 3.11. The minimum absolute atomic E-state index is 0.0930. The van der Waals surface area contributed by atoms with Crippen molar-refractivity contribution in [3.8, 4) is 16.3 Å². The summed E-state index contributed by atoms with van der Waals surface area (Å²) >= 11 is 1.28. The fourth-order valence-corrected chi connectivity index (χ4v) is 2.58. The Kier molecular flexibility index (Phi) is 6.07. The van der Waals surface area contributed by atoms with Gasteiger partial charge in [-0.1, -0.05) is 0 Å². The smallest absolute Gasteiger partial charge is 0.358 e. The number of amides is 3. The Morgan fingerprint density at radius 2 is 1.88 bits per heavy atom. The zero-order valence-electron chi connectivity index (χ0n) is 13.9. The van der Waals surface area contributed by atoms with Crippen LogP contribution in [-0.4, -0.2) is 43.2 Å². The van der Waals surface area contributed by atoms with E-state index >= 15 is 0 Å². The Labute approximate surface area is 148 Å². The first-order valence-electron chi connectivity index (χ1n) is 7.28. The van der Waals surface area contributed by atoms with Gasteiger partial charge in [0.05, 0.1) is 7.11 Å². The molecule has 2 rings (SSSR count). The molecule has 132 valence electrons. The van der Waals surface area contributed by atoms with E-state index in [9.17, 15) is 14.4 Å². The molecule has 3 amide bonds. The van der Waals surface area contributed by atoms with Gasteiger partial charge >= 0.3 is 12.0 Å². The fourth-order valence-electron chi connectivity index (χ4n) is 1.78. The summed E-state index contributed by atoms with van der Waals surface area (Å²) in [5, 5.41) is 6.45. The maximum absolute atomic E-state index is 12.1. The van der Waals surface area contributed by atoms with Gasteiger partial charge in [-0.25, -0.2) is 14.6 Å². The summed E-state index contributed by atoms with van der Waals surface area (Å²) in [6.45, 7) is 1.37. The zero-order chi connectivity index (χ0) is 18.4. The molecule has 0 saturated carbocycles. The van der Waals surface area contributed by atoms with Crippen LogP contribution in [0.4, 0.5) is 4.79 Å². The van der Waals surface area contributed by atoms with Crippen LogP contribution < -0.4 is 15.4 Å². The molecule has 0 fully saturated rings. The normalized spacial score (nSPS) is 11.3. The summed E-state index contributed by atoms with van der Waals surface area (Å²) in [5.41, 5.74) is 0.922. The van der Waals surface area contributed by atoms with Crippen LogP contribution >= 0.6 is 11.3 Å². The molecule has 0 aliphatic rings. The number of carbonyl (C=O) groups is 3. The summed E-state index contributed by atoms with van der Waals surface area (Å²) in [6, 6.07) is 6.56. The van der Waals surface area contributed by atoms with E-state index in [-0.39, 0.29) is 5.69 Å². The molecule has 1 heterocycles. The van der Waals surface area contributed by atoms with Crippen LogP contribution in [0.3, 0.4) is 0 Å². The van der Waals surface area contributed by atoms with Crippen LogP contribution in [0.5, 0.6) is 5.75 Å². The van der Waals surface area contributed by atoms with Gasteiger partial charge in [0, 0.05) is 18.0 Å². The van der Waals surface area contributed by atoms with Crippen LogP contribution in [0, 0.1) is 0 Å². The molecule has 0 spiro atoms. The summed E-state index contributed by atoms with van der Waals surface area (Å²) in [4.78, 5) is 39.1. The predicted molar refractivity (Wildman–Crippen MR) is 91.6 cm³/mol. The molecule has 0 aliphatic heterocycles. The maximum Gasteiger partial charge on any atom is 0.358 e. The molecule has 1 aromatic carbocycles. The predicted octanol–water partition coefficient (Wildman–Crippen LogP) is 1.82. The Hall–Kier alpha value is -2.94. The number of urea groups is 1. The number of hydrogen-bond donors (Lipinski definition) is 2. The van der Waals surface area contributed by atoms with E-state index in [2.05, 4.69) is 10.3 Å². The van der Waals surface area contributed by atoms with Crippen molar-refractivity contribution in [3.63, 3.8) is 0 Å². The molecule has 1 aromatic heterocycles. The Morgan fingerprint density at radius 1 is 1.20 bits per heavy atom.